The van der Waals surface area contributed by atoms with Gasteiger partial charge >= 0.3 is 39.5 Å². The Bertz CT molecular complexity index is 2120. The van der Waals surface area contributed by atoms with Crippen LogP contribution in [0.25, 0.3) is 0 Å². The fourth-order valence-electron chi connectivity index (χ4n) is 14.2. The van der Waals surface area contributed by atoms with Gasteiger partial charge in [0.1, 0.15) is 19.3 Å². The Balaban J connectivity index is 5.25. The molecule has 0 aliphatic heterocycles. The second kappa shape index (κ2) is 80.8. The maximum Gasteiger partial charge on any atom is 0.472 e. The number of unbranched alkanes of at least 4 members (excludes halogenated alkanes) is 56. The molecule has 0 aromatic carbocycles. The van der Waals surface area contributed by atoms with Gasteiger partial charge in [0.2, 0.25) is 0 Å². The molecule has 17 nitrogen and oxygen atoms in total. The smallest absolute Gasteiger partial charge is 0.462 e. The summed E-state index contributed by atoms with van der Waals surface area (Å²) in [5, 5.41) is 10.7. The van der Waals surface area contributed by atoms with Gasteiger partial charge in [-0.1, -0.05) is 434 Å². The third-order valence-electron chi connectivity index (χ3n) is 21.7. The molecule has 0 aromatic heterocycles. The highest BCUT2D eigenvalue weighted by Crippen LogP contribution is 2.45. The molecule has 0 aromatic rings. The van der Waals surface area contributed by atoms with E-state index in [0.717, 1.165) is 108 Å². The number of carbonyl (C=O) groups excluding carboxylic acids is 4. The van der Waals surface area contributed by atoms with E-state index in [1.165, 1.54) is 295 Å². The molecule has 0 aliphatic rings. The average Bonchev–Trinajstić information content (AvgIpc) is 0.911. The van der Waals surface area contributed by atoms with Gasteiger partial charge < -0.3 is 33.8 Å². The van der Waals surface area contributed by atoms with Crippen molar-refractivity contribution in [1.82, 2.24) is 0 Å². The zero-order valence-electron chi connectivity index (χ0n) is 72.7. The third kappa shape index (κ3) is 82.6. The van der Waals surface area contributed by atoms with Crippen molar-refractivity contribution < 1.29 is 80.2 Å². The van der Waals surface area contributed by atoms with Crippen LogP contribution in [0.5, 0.6) is 0 Å². The molecule has 0 aliphatic carbocycles. The van der Waals surface area contributed by atoms with Crippen LogP contribution < -0.4 is 0 Å². The van der Waals surface area contributed by atoms with E-state index in [2.05, 4.69) is 48.5 Å². The normalized spacial score (nSPS) is 14.0. The Kier molecular flexibility index (Phi) is 79.4. The molecule has 0 spiro atoms. The summed E-state index contributed by atoms with van der Waals surface area (Å²) in [7, 11) is -9.94. The minimum absolute atomic E-state index is 0.108. The molecule has 0 saturated carbocycles. The molecule has 0 heterocycles. The Labute approximate surface area is 677 Å². The number of hydrogen-bond acceptors (Lipinski definition) is 15. The SMILES string of the molecule is CCCCCCCCCCCCCCC(=O)OC[C@H](COP(=O)(O)OC[C@H](O)COP(=O)(O)OC[C@@H](COC(=O)CCCCCCCCCCCCCCCCCC(C)C)OC(=O)CCCCCCCCCCCCCCCCCCCCC(C)CC)OC(=O)CCCCCCCCCCCCCCCCCC(C)C. The first-order valence-corrected chi connectivity index (χ1v) is 49.9. The van der Waals surface area contributed by atoms with Gasteiger partial charge in [-0.25, -0.2) is 9.13 Å². The van der Waals surface area contributed by atoms with Crippen molar-refractivity contribution in [2.75, 3.05) is 39.6 Å². The molecule has 19 heteroatoms. The molecule has 110 heavy (non-hydrogen) atoms. The van der Waals surface area contributed by atoms with Crippen LogP contribution in [0.15, 0.2) is 0 Å². The van der Waals surface area contributed by atoms with E-state index in [9.17, 15) is 43.2 Å². The summed E-state index contributed by atoms with van der Waals surface area (Å²) in [6.07, 6.45) is 73.5. The lowest BCUT2D eigenvalue weighted by Gasteiger charge is -2.21. The van der Waals surface area contributed by atoms with E-state index in [4.69, 9.17) is 37.0 Å². The average molecular weight is 1610 g/mol. The van der Waals surface area contributed by atoms with Gasteiger partial charge in [-0.3, -0.25) is 37.3 Å². The van der Waals surface area contributed by atoms with E-state index in [0.29, 0.717) is 25.7 Å². The molecule has 0 rings (SSSR count). The molecular formula is C91H178O17P2. The molecule has 6 atom stereocenters. The van der Waals surface area contributed by atoms with E-state index < -0.39 is 97.5 Å². The van der Waals surface area contributed by atoms with Crippen LogP contribution in [0.2, 0.25) is 0 Å². The summed E-state index contributed by atoms with van der Waals surface area (Å²) in [5.41, 5.74) is 0. The second-order valence-electron chi connectivity index (χ2n) is 33.9. The summed E-state index contributed by atoms with van der Waals surface area (Å²) in [6, 6.07) is 0. The zero-order chi connectivity index (χ0) is 80.8. The highest BCUT2D eigenvalue weighted by Gasteiger charge is 2.31. The first-order valence-electron chi connectivity index (χ1n) is 46.9. The lowest BCUT2D eigenvalue weighted by Crippen LogP contribution is -2.30. The lowest BCUT2D eigenvalue weighted by atomic mass is 9.99. The molecule has 3 N–H and O–H groups in total. The molecule has 0 bridgehead atoms. The minimum atomic E-state index is -4.97. The van der Waals surface area contributed by atoms with Crippen molar-refractivity contribution in [2.45, 2.75) is 503 Å². The van der Waals surface area contributed by atoms with Gasteiger partial charge in [0.15, 0.2) is 12.2 Å². The maximum atomic E-state index is 13.2. The van der Waals surface area contributed by atoms with E-state index >= 15 is 0 Å². The molecule has 0 amide bonds. The predicted octanol–water partition coefficient (Wildman–Crippen LogP) is 28.0. The first-order chi connectivity index (χ1) is 53.3. The summed E-state index contributed by atoms with van der Waals surface area (Å²) < 4.78 is 69.1. The Morgan fingerprint density at radius 2 is 0.464 bits per heavy atom. The lowest BCUT2D eigenvalue weighted by molar-refractivity contribution is -0.161. The van der Waals surface area contributed by atoms with E-state index in [-0.39, 0.29) is 25.7 Å². The highest BCUT2D eigenvalue weighted by molar-refractivity contribution is 7.47. The van der Waals surface area contributed by atoms with Crippen molar-refractivity contribution in [2.24, 2.45) is 17.8 Å². The van der Waals surface area contributed by atoms with E-state index in [1.54, 1.807) is 0 Å². The van der Waals surface area contributed by atoms with Gasteiger partial charge in [-0.05, 0) is 43.4 Å². The van der Waals surface area contributed by atoms with Crippen molar-refractivity contribution in [1.29, 1.82) is 0 Å². The van der Waals surface area contributed by atoms with E-state index in [1.807, 2.05) is 0 Å². The Morgan fingerprint density at radius 1 is 0.264 bits per heavy atom. The summed E-state index contributed by atoms with van der Waals surface area (Å²) >= 11 is 0. The van der Waals surface area contributed by atoms with Crippen LogP contribution in [0, 0.1) is 17.8 Å². The van der Waals surface area contributed by atoms with Crippen LogP contribution in [-0.2, 0) is 65.4 Å². The van der Waals surface area contributed by atoms with Gasteiger partial charge in [0.05, 0.1) is 26.4 Å². The number of hydrogen-bond donors (Lipinski definition) is 3. The number of phosphoric ester groups is 2. The number of rotatable bonds is 89. The fourth-order valence-corrected chi connectivity index (χ4v) is 15.8. The quantitative estimate of drug-likeness (QED) is 0.0222. The fraction of sp³-hybridized carbons (Fsp3) is 0.956. The molecule has 3 unspecified atom stereocenters. The van der Waals surface area contributed by atoms with Crippen molar-refractivity contribution in [3.05, 3.63) is 0 Å². The molecule has 0 radical (unpaired) electrons. The summed E-state index contributed by atoms with van der Waals surface area (Å²) in [4.78, 5) is 73.4. The standard InChI is InChI=1S/C91H178O17P2/c1-8-10-11-12-13-14-15-37-44-51-58-65-72-88(93)101-78-86(107-91(96)75-68-61-54-47-40-33-27-21-23-29-35-42-49-56-63-70-83(5)6)80-105-109(97,98)103-76-85(92)77-104-110(99,100)106-81-87(79-102-89(94)73-66-59-52-45-38-31-26-20-22-28-34-41-48-55-62-69-82(3)4)108-90(95)74-67-60-53-46-39-32-25-19-17-16-18-24-30-36-43-50-57-64-71-84(7)9-2/h82-87,92H,8-81H2,1-7H3,(H,97,98)(H,99,100)/t84?,85-,86+,87+/m0/s1. The monoisotopic (exact) mass is 1610 g/mol. The number of ether oxygens (including phenoxy) is 4. The van der Waals surface area contributed by atoms with Crippen LogP contribution in [0.4, 0.5) is 0 Å². The van der Waals surface area contributed by atoms with Crippen LogP contribution in [0.3, 0.4) is 0 Å². The number of carbonyl (C=O) groups is 4. The number of aliphatic hydroxyl groups excluding tert-OH is 1. The Morgan fingerprint density at radius 3 is 0.691 bits per heavy atom. The van der Waals surface area contributed by atoms with Gasteiger partial charge in [-0.2, -0.15) is 0 Å². The van der Waals surface area contributed by atoms with Crippen LogP contribution in [0.1, 0.15) is 485 Å². The molecule has 0 saturated heterocycles. The summed E-state index contributed by atoms with van der Waals surface area (Å²) in [6.45, 7) is 12.1. The Hall–Kier alpha value is -1.94. The highest BCUT2D eigenvalue weighted by atomic mass is 31.2. The van der Waals surface area contributed by atoms with Crippen LogP contribution >= 0.6 is 15.6 Å². The van der Waals surface area contributed by atoms with Gasteiger partial charge in [0.25, 0.3) is 0 Å². The van der Waals surface area contributed by atoms with Gasteiger partial charge in [0, 0.05) is 25.7 Å². The molecule has 0 fully saturated rings. The maximum absolute atomic E-state index is 13.2. The predicted molar refractivity (Wildman–Crippen MR) is 455 cm³/mol. The first kappa shape index (κ1) is 108. The minimum Gasteiger partial charge on any atom is -0.462 e. The second-order valence-corrected chi connectivity index (χ2v) is 36.8. The zero-order valence-corrected chi connectivity index (χ0v) is 74.5. The van der Waals surface area contributed by atoms with Gasteiger partial charge in [-0.15, -0.1) is 0 Å². The molecular weight excluding hydrogens is 1430 g/mol. The van der Waals surface area contributed by atoms with Crippen LogP contribution in [-0.4, -0.2) is 96.7 Å². The largest absolute Gasteiger partial charge is 0.472 e. The molecule has 654 valence electrons. The van der Waals surface area contributed by atoms with Crippen molar-refractivity contribution >= 4 is 39.5 Å². The topological polar surface area (TPSA) is 237 Å². The number of esters is 4. The van der Waals surface area contributed by atoms with Crippen molar-refractivity contribution in [3.63, 3.8) is 0 Å². The summed E-state index contributed by atoms with van der Waals surface area (Å²) in [5.74, 6) is 0.384. The third-order valence-corrected chi connectivity index (χ3v) is 23.6. The number of aliphatic hydroxyl groups is 1. The number of phosphoric acid groups is 2. The van der Waals surface area contributed by atoms with Crippen molar-refractivity contribution in [3.8, 4) is 0 Å².